The van der Waals surface area contributed by atoms with Gasteiger partial charge in [0.15, 0.2) is 0 Å². The molecular weight excluding hydrogens is 280 g/mol. The van der Waals surface area contributed by atoms with E-state index >= 15 is 0 Å². The molecule has 1 saturated heterocycles. The Balaban J connectivity index is 1.76. The van der Waals surface area contributed by atoms with E-state index in [4.69, 9.17) is 0 Å². The van der Waals surface area contributed by atoms with Crippen LogP contribution in [-0.4, -0.2) is 51.8 Å². The zero-order valence-electron chi connectivity index (χ0n) is 12.5. The highest BCUT2D eigenvalue weighted by Crippen LogP contribution is 2.23. The number of carbonyl (C=O) groups excluding carboxylic acids is 1. The number of anilines is 1. The van der Waals surface area contributed by atoms with Crippen LogP contribution in [0.1, 0.15) is 13.3 Å². The van der Waals surface area contributed by atoms with Crippen molar-refractivity contribution in [3.05, 3.63) is 30.6 Å². The predicted octanol–water partition coefficient (Wildman–Crippen LogP) is 1.69. The zero-order chi connectivity index (χ0) is 15.4. The minimum atomic E-state index is -0.0908. The van der Waals surface area contributed by atoms with Gasteiger partial charge in [0.25, 0.3) is 0 Å². The normalized spacial score (nSPS) is 18.2. The summed E-state index contributed by atoms with van der Waals surface area (Å²) in [5.74, 6) is 0. The van der Waals surface area contributed by atoms with Gasteiger partial charge >= 0.3 is 6.03 Å². The van der Waals surface area contributed by atoms with Crippen LogP contribution in [0.25, 0.3) is 11.4 Å². The number of aromatic nitrogens is 3. The van der Waals surface area contributed by atoms with Gasteiger partial charge in [0.05, 0.1) is 17.6 Å². The molecule has 1 atom stereocenters. The molecule has 0 aromatic carbocycles. The zero-order valence-corrected chi connectivity index (χ0v) is 12.5. The second kappa shape index (κ2) is 6.57. The van der Waals surface area contributed by atoms with Gasteiger partial charge < -0.3 is 15.5 Å². The number of pyridine rings is 1. The summed E-state index contributed by atoms with van der Waals surface area (Å²) in [4.78, 5) is 18.7. The van der Waals surface area contributed by atoms with Crippen molar-refractivity contribution in [3.8, 4) is 11.4 Å². The fourth-order valence-electron chi connectivity index (χ4n) is 2.67. The van der Waals surface area contributed by atoms with E-state index in [1.807, 2.05) is 23.1 Å². The summed E-state index contributed by atoms with van der Waals surface area (Å²) in [7, 11) is 0. The minimum Gasteiger partial charge on any atom is -0.319 e. The van der Waals surface area contributed by atoms with Crippen molar-refractivity contribution in [2.75, 3.05) is 25.0 Å². The summed E-state index contributed by atoms with van der Waals surface area (Å²) in [5.41, 5.74) is 2.12. The highest BCUT2D eigenvalue weighted by atomic mass is 16.2. The van der Waals surface area contributed by atoms with Crippen molar-refractivity contribution < 1.29 is 4.79 Å². The Bertz CT molecular complexity index is 626. The molecule has 0 aliphatic carbocycles. The first-order valence-corrected chi connectivity index (χ1v) is 7.52. The van der Waals surface area contributed by atoms with Crippen LogP contribution in [0.15, 0.2) is 30.6 Å². The Morgan fingerprint density at radius 1 is 1.50 bits per heavy atom. The summed E-state index contributed by atoms with van der Waals surface area (Å²) in [6.07, 6.45) is 4.26. The molecule has 0 unspecified atom stereocenters. The van der Waals surface area contributed by atoms with Gasteiger partial charge in [-0.15, -0.1) is 0 Å². The Morgan fingerprint density at radius 2 is 2.41 bits per heavy atom. The van der Waals surface area contributed by atoms with Crippen LogP contribution in [0.5, 0.6) is 0 Å². The van der Waals surface area contributed by atoms with E-state index < -0.39 is 0 Å². The van der Waals surface area contributed by atoms with Gasteiger partial charge in [-0.1, -0.05) is 13.0 Å². The average molecular weight is 300 g/mol. The molecule has 0 bridgehead atoms. The summed E-state index contributed by atoms with van der Waals surface area (Å²) in [6.45, 7) is 4.46. The van der Waals surface area contributed by atoms with Crippen LogP contribution in [-0.2, 0) is 0 Å². The second-order valence-corrected chi connectivity index (χ2v) is 5.26. The van der Waals surface area contributed by atoms with Crippen molar-refractivity contribution >= 4 is 11.7 Å². The first-order valence-electron chi connectivity index (χ1n) is 7.52. The molecule has 7 nitrogen and oxygen atoms in total. The van der Waals surface area contributed by atoms with Crippen LogP contribution in [0.2, 0.25) is 0 Å². The monoisotopic (exact) mass is 300 g/mol. The standard InChI is InChI=1S/C15H20N6O/c1-2-11-9-16-7-8-21(11)15(22)19-13-10-18-20-14(13)12-5-3-4-6-17-12/h3-6,10-11,16H,2,7-9H2,1H3,(H,18,20)(H,19,22)/t11-/m0/s1. The van der Waals surface area contributed by atoms with Crippen LogP contribution in [0.3, 0.4) is 0 Å². The van der Waals surface area contributed by atoms with Gasteiger partial charge in [-0.2, -0.15) is 5.10 Å². The van der Waals surface area contributed by atoms with Crippen molar-refractivity contribution in [3.63, 3.8) is 0 Å². The Labute approximate surface area is 129 Å². The molecule has 3 heterocycles. The van der Waals surface area contributed by atoms with Gasteiger partial charge in [-0.05, 0) is 18.6 Å². The first kappa shape index (κ1) is 14.5. The maximum atomic E-state index is 12.5. The van der Waals surface area contributed by atoms with Crippen molar-refractivity contribution in [2.45, 2.75) is 19.4 Å². The molecule has 116 valence electrons. The number of H-pyrrole nitrogens is 1. The highest BCUT2D eigenvalue weighted by molar-refractivity contribution is 5.93. The van der Waals surface area contributed by atoms with Gasteiger partial charge in [-0.25, -0.2) is 4.79 Å². The molecule has 0 spiro atoms. The number of aromatic amines is 1. The number of hydrogen-bond acceptors (Lipinski definition) is 4. The molecule has 2 aromatic rings. The fraction of sp³-hybridized carbons (Fsp3) is 0.400. The number of urea groups is 1. The molecule has 1 aliphatic heterocycles. The molecule has 1 aliphatic rings. The van der Waals surface area contributed by atoms with Crippen LogP contribution < -0.4 is 10.6 Å². The van der Waals surface area contributed by atoms with Crippen molar-refractivity contribution in [1.82, 2.24) is 25.4 Å². The lowest BCUT2D eigenvalue weighted by molar-refractivity contribution is 0.168. The maximum Gasteiger partial charge on any atom is 0.322 e. The van der Waals surface area contributed by atoms with Gasteiger partial charge in [0.2, 0.25) is 0 Å². The third-order valence-corrected chi connectivity index (χ3v) is 3.88. The highest BCUT2D eigenvalue weighted by Gasteiger charge is 2.26. The molecule has 2 aromatic heterocycles. The topological polar surface area (TPSA) is 85.9 Å². The molecule has 3 N–H and O–H groups in total. The third-order valence-electron chi connectivity index (χ3n) is 3.88. The van der Waals surface area contributed by atoms with E-state index in [0.717, 1.165) is 30.9 Å². The van der Waals surface area contributed by atoms with E-state index in [2.05, 4.69) is 32.7 Å². The maximum absolute atomic E-state index is 12.5. The Morgan fingerprint density at radius 3 is 3.18 bits per heavy atom. The quantitative estimate of drug-likeness (QED) is 0.805. The summed E-state index contributed by atoms with van der Waals surface area (Å²) < 4.78 is 0. The number of amides is 2. The molecule has 7 heteroatoms. The van der Waals surface area contributed by atoms with Gasteiger partial charge in [0, 0.05) is 31.9 Å². The van der Waals surface area contributed by atoms with E-state index in [-0.39, 0.29) is 12.1 Å². The van der Waals surface area contributed by atoms with Gasteiger partial charge in [-0.3, -0.25) is 10.1 Å². The van der Waals surface area contributed by atoms with E-state index in [1.54, 1.807) is 12.4 Å². The summed E-state index contributed by atoms with van der Waals surface area (Å²) in [6, 6.07) is 5.76. The number of carbonyl (C=O) groups is 1. The summed E-state index contributed by atoms with van der Waals surface area (Å²) >= 11 is 0. The van der Waals surface area contributed by atoms with Gasteiger partial charge in [0.1, 0.15) is 5.69 Å². The van der Waals surface area contributed by atoms with Crippen LogP contribution in [0.4, 0.5) is 10.5 Å². The number of rotatable bonds is 3. The fourth-order valence-corrected chi connectivity index (χ4v) is 2.67. The molecule has 22 heavy (non-hydrogen) atoms. The number of piperazine rings is 1. The largest absolute Gasteiger partial charge is 0.322 e. The SMILES string of the molecule is CC[C@H]1CNCCN1C(=O)Nc1cn[nH]c1-c1ccccn1. The predicted molar refractivity (Wildman–Crippen MR) is 84.5 cm³/mol. The number of hydrogen-bond donors (Lipinski definition) is 3. The van der Waals surface area contributed by atoms with E-state index in [9.17, 15) is 4.79 Å². The Kier molecular flexibility index (Phi) is 4.34. The molecule has 3 rings (SSSR count). The lowest BCUT2D eigenvalue weighted by Crippen LogP contribution is -2.54. The second-order valence-electron chi connectivity index (χ2n) is 5.26. The smallest absolute Gasteiger partial charge is 0.319 e. The van der Waals surface area contributed by atoms with Crippen LogP contribution in [0, 0.1) is 0 Å². The lowest BCUT2D eigenvalue weighted by atomic mass is 10.1. The molecule has 0 radical (unpaired) electrons. The van der Waals surface area contributed by atoms with Crippen LogP contribution >= 0.6 is 0 Å². The van der Waals surface area contributed by atoms with Crippen molar-refractivity contribution in [2.24, 2.45) is 0 Å². The van der Waals surface area contributed by atoms with E-state index in [0.29, 0.717) is 12.2 Å². The minimum absolute atomic E-state index is 0.0908. The third kappa shape index (κ3) is 2.94. The molecule has 2 amide bonds. The Hall–Kier alpha value is -2.41. The number of nitrogens with one attached hydrogen (secondary N) is 3. The molecule has 0 saturated carbocycles. The lowest BCUT2D eigenvalue weighted by Gasteiger charge is -2.35. The van der Waals surface area contributed by atoms with Crippen molar-refractivity contribution in [1.29, 1.82) is 0 Å². The summed E-state index contributed by atoms with van der Waals surface area (Å²) in [5, 5.41) is 13.2. The number of nitrogens with zero attached hydrogens (tertiary/aromatic N) is 3. The average Bonchev–Trinajstić information content (AvgIpc) is 3.03. The van der Waals surface area contributed by atoms with E-state index in [1.165, 1.54) is 0 Å². The molecular formula is C15H20N6O. The first-order chi connectivity index (χ1) is 10.8. The molecule has 1 fully saturated rings.